The van der Waals surface area contributed by atoms with E-state index in [0.717, 1.165) is 57.5 Å². The maximum Gasteiger partial charge on any atom is 0.321 e. The number of hydrogen-bond donors (Lipinski definition) is 3. The van der Waals surface area contributed by atoms with Crippen LogP contribution in [-0.4, -0.2) is 60.7 Å². The number of carbonyl (C=O) groups excluding carboxylic acids is 2. The summed E-state index contributed by atoms with van der Waals surface area (Å²) < 4.78 is 0. The summed E-state index contributed by atoms with van der Waals surface area (Å²) in [5.41, 5.74) is 1.07. The molecule has 1 aliphatic heterocycles. The van der Waals surface area contributed by atoms with Gasteiger partial charge < -0.3 is 15.3 Å². The van der Waals surface area contributed by atoms with Gasteiger partial charge in [-0.3, -0.25) is 15.0 Å². The van der Waals surface area contributed by atoms with Crippen LogP contribution in [0, 0.1) is 0 Å². The van der Waals surface area contributed by atoms with E-state index in [4.69, 9.17) is 0 Å². The molecule has 26 heavy (non-hydrogen) atoms. The highest BCUT2D eigenvalue weighted by atomic mass is 16.3. The van der Waals surface area contributed by atoms with Gasteiger partial charge in [0.25, 0.3) is 0 Å². The van der Waals surface area contributed by atoms with Gasteiger partial charge in [-0.25, -0.2) is 4.79 Å². The Morgan fingerprint density at radius 3 is 2.31 bits per heavy atom. The molecule has 1 saturated carbocycles. The lowest BCUT2D eigenvalue weighted by molar-refractivity contribution is -0.121. The summed E-state index contributed by atoms with van der Waals surface area (Å²) in [6, 6.07) is 6.98. The molecule has 1 aliphatic carbocycles. The van der Waals surface area contributed by atoms with Crippen molar-refractivity contribution in [3.8, 4) is 5.75 Å². The molecule has 3 N–H and O–H groups in total. The summed E-state index contributed by atoms with van der Waals surface area (Å²) in [7, 11) is 0. The van der Waals surface area contributed by atoms with Crippen molar-refractivity contribution in [2.75, 3.05) is 37.6 Å². The number of carbonyl (C=O) groups is 2. The molecule has 0 aromatic heterocycles. The molecule has 7 heteroatoms. The smallest absolute Gasteiger partial charge is 0.321 e. The normalized spacial score (nSPS) is 19.2. The number of amides is 3. The second kappa shape index (κ2) is 8.89. The number of benzene rings is 1. The molecule has 3 rings (SSSR count). The topological polar surface area (TPSA) is 84.9 Å². The first-order valence-corrected chi connectivity index (χ1v) is 9.47. The Bertz CT molecular complexity index is 606. The Morgan fingerprint density at radius 2 is 1.65 bits per heavy atom. The summed E-state index contributed by atoms with van der Waals surface area (Å²) in [4.78, 5) is 28.3. The van der Waals surface area contributed by atoms with Gasteiger partial charge >= 0.3 is 6.03 Å². The summed E-state index contributed by atoms with van der Waals surface area (Å²) in [5, 5.41) is 14.7. The molecule has 0 bridgehead atoms. The molecule has 1 heterocycles. The molecule has 1 saturated heterocycles. The minimum absolute atomic E-state index is 0.199. The van der Waals surface area contributed by atoms with E-state index in [1.165, 1.54) is 6.42 Å². The highest BCUT2D eigenvalue weighted by molar-refractivity contribution is 5.95. The third-order valence-electron chi connectivity index (χ3n) is 5.15. The number of nitrogens with zero attached hydrogens (tertiary/aromatic N) is 2. The van der Waals surface area contributed by atoms with E-state index in [-0.39, 0.29) is 30.3 Å². The number of rotatable bonds is 4. The predicted octanol–water partition coefficient (Wildman–Crippen LogP) is 1.67. The van der Waals surface area contributed by atoms with Crippen molar-refractivity contribution in [1.82, 2.24) is 15.5 Å². The van der Waals surface area contributed by atoms with Gasteiger partial charge in [0.2, 0.25) is 5.91 Å². The third kappa shape index (κ3) is 5.36. The second-order valence-electron chi connectivity index (χ2n) is 7.14. The Hall–Kier alpha value is -2.28. The molecule has 3 amide bonds. The first-order chi connectivity index (χ1) is 12.6. The highest BCUT2D eigenvalue weighted by Gasteiger charge is 2.21. The zero-order chi connectivity index (χ0) is 18.4. The zero-order valence-electron chi connectivity index (χ0n) is 15.1. The molecule has 2 fully saturated rings. The fourth-order valence-corrected chi connectivity index (χ4v) is 3.67. The molecule has 7 nitrogen and oxygen atoms in total. The number of urea groups is 1. The zero-order valence-corrected chi connectivity index (χ0v) is 15.1. The van der Waals surface area contributed by atoms with Crippen LogP contribution in [0.5, 0.6) is 5.75 Å². The Morgan fingerprint density at radius 1 is 1.00 bits per heavy atom. The van der Waals surface area contributed by atoms with E-state index in [2.05, 4.69) is 20.4 Å². The Labute approximate surface area is 154 Å². The molecule has 0 radical (unpaired) electrons. The number of nitrogens with one attached hydrogen (secondary N) is 2. The van der Waals surface area contributed by atoms with Gasteiger partial charge in [-0.15, -0.1) is 0 Å². The molecule has 1 aromatic rings. The van der Waals surface area contributed by atoms with Crippen LogP contribution < -0.4 is 15.5 Å². The van der Waals surface area contributed by atoms with Crippen molar-refractivity contribution in [2.24, 2.45) is 0 Å². The Kier molecular flexibility index (Phi) is 6.33. The highest BCUT2D eigenvalue weighted by Crippen LogP contribution is 2.20. The lowest BCUT2D eigenvalue weighted by atomic mass is 9.96. The van der Waals surface area contributed by atoms with Gasteiger partial charge in [-0.1, -0.05) is 19.3 Å². The van der Waals surface area contributed by atoms with Crippen molar-refractivity contribution >= 4 is 17.6 Å². The van der Waals surface area contributed by atoms with Crippen molar-refractivity contribution in [1.29, 1.82) is 0 Å². The molecule has 142 valence electrons. The molecule has 0 spiro atoms. The largest absolute Gasteiger partial charge is 0.508 e. The quantitative estimate of drug-likeness (QED) is 0.761. The molecule has 2 aliphatic rings. The van der Waals surface area contributed by atoms with Crippen molar-refractivity contribution in [3.63, 3.8) is 0 Å². The number of imide groups is 1. The number of anilines is 1. The predicted molar refractivity (Wildman–Crippen MR) is 100 cm³/mol. The number of aromatic hydroxyl groups is 1. The van der Waals surface area contributed by atoms with E-state index < -0.39 is 0 Å². The Balaban J connectivity index is 1.37. The SMILES string of the molecule is O=C(CN1CCN(c2ccc(O)cc2)CC1)NC(=O)NC1CCCCC1. The summed E-state index contributed by atoms with van der Waals surface area (Å²) >= 11 is 0. The average molecular weight is 360 g/mol. The van der Waals surface area contributed by atoms with Crippen molar-refractivity contribution in [2.45, 2.75) is 38.1 Å². The molecule has 0 atom stereocenters. The van der Waals surface area contributed by atoms with Gasteiger partial charge in [0.1, 0.15) is 5.75 Å². The summed E-state index contributed by atoms with van der Waals surface area (Å²) in [6.45, 7) is 3.39. The lowest BCUT2D eigenvalue weighted by Crippen LogP contribution is -2.52. The van der Waals surface area contributed by atoms with Crippen LogP contribution in [0.15, 0.2) is 24.3 Å². The van der Waals surface area contributed by atoms with Crippen LogP contribution in [-0.2, 0) is 4.79 Å². The summed E-state index contributed by atoms with van der Waals surface area (Å²) in [5.74, 6) is 0.00644. The third-order valence-corrected chi connectivity index (χ3v) is 5.15. The molecular weight excluding hydrogens is 332 g/mol. The maximum atomic E-state index is 12.1. The average Bonchev–Trinajstić information content (AvgIpc) is 2.64. The fourth-order valence-electron chi connectivity index (χ4n) is 3.67. The van der Waals surface area contributed by atoms with Gasteiger partial charge in [-0.05, 0) is 37.1 Å². The molecular formula is C19H28N4O3. The standard InChI is InChI=1S/C19H28N4O3/c24-17-8-6-16(7-9-17)23-12-10-22(11-13-23)14-18(25)21-19(26)20-15-4-2-1-3-5-15/h6-9,15,24H,1-5,10-14H2,(H2,20,21,25,26). The van der Waals surface area contributed by atoms with Gasteiger partial charge in [-0.2, -0.15) is 0 Å². The van der Waals surface area contributed by atoms with Gasteiger partial charge in [0.05, 0.1) is 6.54 Å². The van der Waals surface area contributed by atoms with Crippen molar-refractivity contribution in [3.05, 3.63) is 24.3 Å². The minimum Gasteiger partial charge on any atom is -0.508 e. The van der Waals surface area contributed by atoms with E-state index in [1.54, 1.807) is 12.1 Å². The number of phenols is 1. The van der Waals surface area contributed by atoms with Crippen molar-refractivity contribution < 1.29 is 14.7 Å². The summed E-state index contributed by atoms with van der Waals surface area (Å²) in [6.07, 6.45) is 5.52. The first kappa shape index (κ1) is 18.5. The number of hydrogen-bond acceptors (Lipinski definition) is 5. The van der Waals surface area contributed by atoms with E-state index in [0.29, 0.717) is 0 Å². The van der Waals surface area contributed by atoms with Crippen LogP contribution in [0.4, 0.5) is 10.5 Å². The number of phenolic OH excluding ortho intramolecular Hbond substituents is 1. The fraction of sp³-hybridized carbons (Fsp3) is 0.579. The number of piperazine rings is 1. The van der Waals surface area contributed by atoms with Gasteiger partial charge in [0.15, 0.2) is 0 Å². The molecule has 0 unspecified atom stereocenters. The van der Waals surface area contributed by atoms with Crippen LogP contribution in [0.3, 0.4) is 0 Å². The van der Waals surface area contributed by atoms with Crippen LogP contribution in [0.25, 0.3) is 0 Å². The minimum atomic E-state index is -0.371. The van der Waals surface area contributed by atoms with Crippen LogP contribution in [0.1, 0.15) is 32.1 Å². The van der Waals surface area contributed by atoms with E-state index >= 15 is 0 Å². The lowest BCUT2D eigenvalue weighted by Gasteiger charge is -2.35. The first-order valence-electron chi connectivity index (χ1n) is 9.47. The van der Waals surface area contributed by atoms with Crippen LogP contribution >= 0.6 is 0 Å². The maximum absolute atomic E-state index is 12.1. The monoisotopic (exact) mass is 360 g/mol. The van der Waals surface area contributed by atoms with Crippen LogP contribution in [0.2, 0.25) is 0 Å². The second-order valence-corrected chi connectivity index (χ2v) is 7.14. The van der Waals surface area contributed by atoms with E-state index in [1.807, 2.05) is 12.1 Å². The molecule has 1 aromatic carbocycles. The van der Waals surface area contributed by atoms with E-state index in [9.17, 15) is 14.7 Å². The van der Waals surface area contributed by atoms with Gasteiger partial charge in [0, 0.05) is 37.9 Å².